The molecular formula is C9H4BrCl3N4. The number of benzene rings is 1. The Hall–Kier alpha value is -0.620. The molecule has 88 valence electrons. The summed E-state index contributed by atoms with van der Waals surface area (Å²) in [6.45, 7) is 0. The van der Waals surface area contributed by atoms with Crippen molar-refractivity contribution in [3.05, 3.63) is 38.1 Å². The van der Waals surface area contributed by atoms with Crippen LogP contribution in [0.2, 0.25) is 15.5 Å². The molecule has 0 bridgehead atoms. The van der Waals surface area contributed by atoms with Gasteiger partial charge in [0, 0.05) is 9.50 Å². The zero-order valence-electron chi connectivity index (χ0n) is 8.09. The van der Waals surface area contributed by atoms with E-state index < -0.39 is 0 Å². The lowest BCUT2D eigenvalue weighted by Crippen LogP contribution is -1.99. The zero-order chi connectivity index (χ0) is 12.4. The van der Waals surface area contributed by atoms with Crippen molar-refractivity contribution in [2.24, 2.45) is 0 Å². The number of rotatable bonds is 2. The molecule has 4 nitrogen and oxygen atoms in total. The molecular weight excluding hydrogens is 350 g/mol. The van der Waals surface area contributed by atoms with Crippen LogP contribution in [0, 0.1) is 0 Å². The minimum atomic E-state index is 0.0157. The Morgan fingerprint density at radius 1 is 1.12 bits per heavy atom. The average Bonchev–Trinajstić information content (AvgIpc) is 2.27. The number of hydrogen-bond donors (Lipinski definition) is 1. The Bertz CT molecular complexity index is 564. The van der Waals surface area contributed by atoms with E-state index in [9.17, 15) is 0 Å². The van der Waals surface area contributed by atoms with E-state index in [0.29, 0.717) is 10.8 Å². The molecule has 0 aliphatic rings. The van der Waals surface area contributed by atoms with Gasteiger partial charge in [0.2, 0.25) is 5.28 Å². The van der Waals surface area contributed by atoms with Gasteiger partial charge < -0.3 is 5.32 Å². The van der Waals surface area contributed by atoms with Gasteiger partial charge in [0.15, 0.2) is 11.0 Å². The van der Waals surface area contributed by atoms with Crippen LogP contribution in [0.1, 0.15) is 0 Å². The lowest BCUT2D eigenvalue weighted by molar-refractivity contribution is 0.974. The van der Waals surface area contributed by atoms with Gasteiger partial charge in [-0.25, -0.2) is 0 Å². The second-order valence-electron chi connectivity index (χ2n) is 2.97. The van der Waals surface area contributed by atoms with Crippen molar-refractivity contribution in [1.29, 1.82) is 0 Å². The van der Waals surface area contributed by atoms with E-state index in [1.807, 2.05) is 0 Å². The van der Waals surface area contributed by atoms with Gasteiger partial charge in [0.25, 0.3) is 0 Å². The smallest absolute Gasteiger partial charge is 0.245 e. The summed E-state index contributed by atoms with van der Waals surface area (Å²) in [5.74, 6) is 0.328. The first-order valence-electron chi connectivity index (χ1n) is 4.34. The first-order valence-corrected chi connectivity index (χ1v) is 6.27. The average molecular weight is 354 g/mol. The van der Waals surface area contributed by atoms with E-state index in [0.717, 1.165) is 10.2 Å². The molecule has 0 unspecified atom stereocenters. The fraction of sp³-hybridized carbons (Fsp3) is 0. The summed E-state index contributed by atoms with van der Waals surface area (Å²) in [5.41, 5.74) is 0.743. The minimum absolute atomic E-state index is 0.0157. The van der Waals surface area contributed by atoms with E-state index in [1.54, 1.807) is 18.2 Å². The van der Waals surface area contributed by atoms with Gasteiger partial charge in [0.1, 0.15) is 0 Å². The number of halogens is 4. The highest BCUT2D eigenvalue weighted by Gasteiger charge is 2.08. The minimum Gasteiger partial charge on any atom is -0.337 e. The first-order chi connectivity index (χ1) is 8.06. The van der Waals surface area contributed by atoms with Crippen LogP contribution in [0.15, 0.2) is 22.7 Å². The van der Waals surface area contributed by atoms with Gasteiger partial charge in [-0.1, -0.05) is 23.2 Å². The van der Waals surface area contributed by atoms with Crippen LogP contribution >= 0.6 is 50.7 Å². The predicted octanol–water partition coefficient (Wildman–Crippen LogP) is 4.34. The summed E-state index contributed by atoms with van der Waals surface area (Å²) in [5, 5.41) is 10.9. The van der Waals surface area contributed by atoms with Crippen molar-refractivity contribution in [2.45, 2.75) is 0 Å². The molecule has 0 amide bonds. The van der Waals surface area contributed by atoms with Crippen LogP contribution in [-0.4, -0.2) is 15.2 Å². The molecule has 0 saturated carbocycles. The fourth-order valence-corrected chi connectivity index (χ4v) is 2.12. The van der Waals surface area contributed by atoms with E-state index >= 15 is 0 Å². The highest BCUT2D eigenvalue weighted by Crippen LogP contribution is 2.29. The number of hydrogen-bond acceptors (Lipinski definition) is 4. The van der Waals surface area contributed by atoms with Crippen LogP contribution in [0.5, 0.6) is 0 Å². The summed E-state index contributed by atoms with van der Waals surface area (Å²) in [6, 6.07) is 5.26. The Kier molecular flexibility index (Phi) is 4.04. The van der Waals surface area contributed by atoms with Crippen molar-refractivity contribution in [1.82, 2.24) is 15.2 Å². The van der Waals surface area contributed by atoms with Gasteiger partial charge in [-0.15, -0.1) is 10.2 Å². The highest BCUT2D eigenvalue weighted by molar-refractivity contribution is 9.10. The Labute approximate surface area is 120 Å². The van der Waals surface area contributed by atoms with E-state index in [1.165, 1.54) is 0 Å². The predicted molar refractivity (Wildman–Crippen MR) is 72.3 cm³/mol. The summed E-state index contributed by atoms with van der Waals surface area (Å²) in [7, 11) is 0. The van der Waals surface area contributed by atoms with Crippen molar-refractivity contribution in [3.8, 4) is 0 Å². The monoisotopic (exact) mass is 352 g/mol. The van der Waals surface area contributed by atoms with Gasteiger partial charge in [-0.3, -0.25) is 0 Å². The summed E-state index contributed by atoms with van der Waals surface area (Å²) < 4.78 is 0.774. The molecule has 0 saturated heterocycles. The van der Waals surface area contributed by atoms with Gasteiger partial charge >= 0.3 is 0 Å². The molecule has 0 atom stereocenters. The van der Waals surface area contributed by atoms with Gasteiger partial charge in [0.05, 0.1) is 5.69 Å². The molecule has 0 spiro atoms. The third kappa shape index (κ3) is 3.19. The topological polar surface area (TPSA) is 50.7 Å². The molecule has 0 aliphatic heterocycles. The fourth-order valence-electron chi connectivity index (χ4n) is 1.09. The molecule has 1 aromatic heterocycles. The molecule has 1 N–H and O–H groups in total. The first kappa shape index (κ1) is 12.8. The zero-order valence-corrected chi connectivity index (χ0v) is 11.9. The lowest BCUT2D eigenvalue weighted by atomic mass is 10.3. The SMILES string of the molecule is Clc1ccc(Nc2nc(Cl)nnc2Cl)c(Br)c1. The number of aromatic nitrogens is 3. The van der Waals surface area contributed by atoms with Gasteiger partial charge in [-0.2, -0.15) is 4.98 Å². The summed E-state index contributed by atoms with van der Waals surface area (Å²) in [4.78, 5) is 3.93. The van der Waals surface area contributed by atoms with Gasteiger partial charge in [-0.05, 0) is 45.7 Å². The van der Waals surface area contributed by atoms with E-state index in [2.05, 4.69) is 36.4 Å². The second-order valence-corrected chi connectivity index (χ2v) is 4.96. The van der Waals surface area contributed by atoms with Crippen LogP contribution in [0.25, 0.3) is 0 Å². The molecule has 1 aromatic carbocycles. The standard InChI is InChI=1S/C9H4BrCl3N4/c10-5-3-4(11)1-2-6(5)14-8-7(12)16-17-9(13)15-8/h1-3H,(H,14,15,17). The third-order valence-electron chi connectivity index (χ3n) is 1.80. The third-order valence-corrected chi connectivity index (χ3v) is 3.11. The summed E-state index contributed by atoms with van der Waals surface area (Å²) >= 11 is 20.7. The van der Waals surface area contributed by atoms with Crippen molar-refractivity contribution in [3.63, 3.8) is 0 Å². The number of nitrogens with one attached hydrogen (secondary N) is 1. The number of anilines is 2. The van der Waals surface area contributed by atoms with Crippen molar-refractivity contribution in [2.75, 3.05) is 5.32 Å². The molecule has 8 heteroatoms. The van der Waals surface area contributed by atoms with Crippen LogP contribution < -0.4 is 5.32 Å². The Morgan fingerprint density at radius 3 is 2.59 bits per heavy atom. The van der Waals surface area contributed by atoms with Crippen molar-refractivity contribution >= 4 is 62.2 Å². The molecule has 2 rings (SSSR count). The van der Waals surface area contributed by atoms with Crippen LogP contribution in [0.4, 0.5) is 11.5 Å². The molecule has 1 heterocycles. The quantitative estimate of drug-likeness (QED) is 0.872. The molecule has 0 aliphatic carbocycles. The van der Waals surface area contributed by atoms with Crippen molar-refractivity contribution < 1.29 is 0 Å². The Morgan fingerprint density at radius 2 is 1.88 bits per heavy atom. The second kappa shape index (κ2) is 5.35. The molecule has 0 fully saturated rings. The molecule has 17 heavy (non-hydrogen) atoms. The highest BCUT2D eigenvalue weighted by atomic mass is 79.9. The summed E-state index contributed by atoms with van der Waals surface area (Å²) in [6.07, 6.45) is 0. The molecule has 2 aromatic rings. The lowest BCUT2D eigenvalue weighted by Gasteiger charge is -2.08. The van der Waals surface area contributed by atoms with E-state index in [4.69, 9.17) is 34.8 Å². The van der Waals surface area contributed by atoms with E-state index in [-0.39, 0.29) is 10.4 Å². The molecule has 0 radical (unpaired) electrons. The normalized spacial score (nSPS) is 10.4. The van der Waals surface area contributed by atoms with Crippen LogP contribution in [-0.2, 0) is 0 Å². The Balaban J connectivity index is 2.34. The maximum absolute atomic E-state index is 5.83. The van der Waals surface area contributed by atoms with Crippen LogP contribution in [0.3, 0.4) is 0 Å². The maximum atomic E-state index is 5.83. The maximum Gasteiger partial charge on any atom is 0.245 e. The number of nitrogens with zero attached hydrogens (tertiary/aromatic N) is 3. The largest absolute Gasteiger partial charge is 0.337 e.